The molecule has 1 N–H and O–H groups in total. The predicted octanol–water partition coefficient (Wildman–Crippen LogP) is 1.26. The highest BCUT2D eigenvalue weighted by Gasteiger charge is 2.25. The minimum absolute atomic E-state index is 0.541. The van der Waals surface area contributed by atoms with Crippen LogP contribution in [0.2, 0.25) is 5.15 Å². The van der Waals surface area contributed by atoms with Gasteiger partial charge in [0.25, 0.3) is 0 Å². The summed E-state index contributed by atoms with van der Waals surface area (Å²) >= 11 is 5.99. The Labute approximate surface area is 102 Å². The van der Waals surface area contributed by atoms with Crippen LogP contribution in [0.5, 0.6) is 0 Å². The lowest BCUT2D eigenvalue weighted by Crippen LogP contribution is -2.54. The number of halogens is 1. The highest BCUT2D eigenvalue weighted by atomic mass is 35.5. The molecule has 5 heteroatoms. The van der Waals surface area contributed by atoms with E-state index in [0.29, 0.717) is 17.2 Å². The maximum absolute atomic E-state index is 5.99. The van der Waals surface area contributed by atoms with Crippen LogP contribution in [0.15, 0.2) is 6.20 Å². The van der Waals surface area contributed by atoms with E-state index in [1.165, 1.54) is 0 Å². The lowest BCUT2D eigenvalue weighted by Gasteiger charge is -2.39. The molecule has 0 aromatic carbocycles. The van der Waals surface area contributed by atoms with Crippen molar-refractivity contribution in [3.05, 3.63) is 17.2 Å². The Bertz CT molecular complexity index is 353. The van der Waals surface area contributed by atoms with Crippen molar-refractivity contribution in [3.8, 4) is 0 Å². The Morgan fingerprint density at radius 1 is 1.44 bits per heavy atom. The van der Waals surface area contributed by atoms with Gasteiger partial charge in [-0.25, -0.2) is 4.98 Å². The summed E-state index contributed by atoms with van der Waals surface area (Å²) in [6.45, 7) is 7.44. The number of rotatable bonds is 2. The van der Waals surface area contributed by atoms with Crippen molar-refractivity contribution in [3.63, 3.8) is 0 Å². The predicted molar refractivity (Wildman–Crippen MR) is 65.6 cm³/mol. The monoisotopic (exact) mass is 242 g/mol. The number of aromatic nitrogens is 2. The number of nitrogens with zero attached hydrogens (tertiary/aromatic N) is 3. The first kappa shape index (κ1) is 11.9. The zero-order valence-electron chi connectivity index (χ0n) is 10.1. The molecule has 2 rings (SSSR count). The first-order valence-corrected chi connectivity index (χ1v) is 6.10. The number of imidazole rings is 1. The van der Waals surface area contributed by atoms with Crippen LogP contribution in [0.3, 0.4) is 0 Å². The highest BCUT2D eigenvalue weighted by Crippen LogP contribution is 2.16. The molecule has 2 unspecified atom stereocenters. The standard InChI is InChI=1S/C11H19ClN4/c1-8-4-13-5-9(2)16(8)7-11-14-6-10(12)15(11)3/h6,8-9,13H,4-5,7H2,1-3H3. The van der Waals surface area contributed by atoms with Crippen molar-refractivity contribution < 1.29 is 0 Å². The Morgan fingerprint density at radius 2 is 2.06 bits per heavy atom. The van der Waals surface area contributed by atoms with E-state index < -0.39 is 0 Å². The number of hydrogen-bond donors (Lipinski definition) is 1. The Morgan fingerprint density at radius 3 is 2.56 bits per heavy atom. The number of hydrogen-bond acceptors (Lipinski definition) is 3. The molecule has 0 radical (unpaired) electrons. The van der Waals surface area contributed by atoms with Crippen molar-refractivity contribution in [2.45, 2.75) is 32.5 Å². The van der Waals surface area contributed by atoms with E-state index in [-0.39, 0.29) is 0 Å². The van der Waals surface area contributed by atoms with E-state index in [1.54, 1.807) is 6.20 Å². The SMILES string of the molecule is CC1CNCC(C)N1Cc1ncc(Cl)n1C. The summed E-state index contributed by atoms with van der Waals surface area (Å²) in [5.41, 5.74) is 0. The van der Waals surface area contributed by atoms with Crippen LogP contribution in [0.1, 0.15) is 19.7 Å². The van der Waals surface area contributed by atoms with Gasteiger partial charge in [-0.05, 0) is 13.8 Å². The Balaban J connectivity index is 2.10. The molecule has 16 heavy (non-hydrogen) atoms. The lowest BCUT2D eigenvalue weighted by molar-refractivity contribution is 0.104. The molecule has 0 amide bonds. The van der Waals surface area contributed by atoms with E-state index in [0.717, 1.165) is 25.5 Å². The van der Waals surface area contributed by atoms with Gasteiger partial charge >= 0.3 is 0 Å². The van der Waals surface area contributed by atoms with Crippen LogP contribution >= 0.6 is 11.6 Å². The molecule has 1 fully saturated rings. The molecule has 1 aliphatic rings. The van der Waals surface area contributed by atoms with E-state index in [4.69, 9.17) is 11.6 Å². The van der Waals surface area contributed by atoms with Gasteiger partial charge in [-0.2, -0.15) is 0 Å². The van der Waals surface area contributed by atoms with Crippen molar-refractivity contribution in [2.75, 3.05) is 13.1 Å². The molecule has 90 valence electrons. The highest BCUT2D eigenvalue weighted by molar-refractivity contribution is 6.29. The maximum Gasteiger partial charge on any atom is 0.128 e. The second kappa shape index (κ2) is 4.73. The van der Waals surface area contributed by atoms with Crippen molar-refractivity contribution in [1.29, 1.82) is 0 Å². The molecule has 0 saturated carbocycles. The summed E-state index contributed by atoms with van der Waals surface area (Å²) in [6, 6.07) is 1.08. The summed E-state index contributed by atoms with van der Waals surface area (Å²) in [4.78, 5) is 6.81. The van der Waals surface area contributed by atoms with Gasteiger partial charge in [0, 0.05) is 32.2 Å². The number of nitrogens with one attached hydrogen (secondary N) is 1. The molecule has 1 aliphatic heterocycles. The lowest BCUT2D eigenvalue weighted by atomic mass is 10.1. The molecule has 0 spiro atoms. The second-order valence-corrected chi connectivity index (χ2v) is 4.97. The molecule has 1 saturated heterocycles. The van der Waals surface area contributed by atoms with Gasteiger partial charge in [0.1, 0.15) is 11.0 Å². The van der Waals surface area contributed by atoms with Crippen LogP contribution in [-0.4, -0.2) is 39.6 Å². The normalized spacial score (nSPS) is 27.2. The van der Waals surface area contributed by atoms with Crippen molar-refractivity contribution >= 4 is 11.6 Å². The van der Waals surface area contributed by atoms with Crippen LogP contribution < -0.4 is 5.32 Å². The topological polar surface area (TPSA) is 33.1 Å². The van der Waals surface area contributed by atoms with Crippen LogP contribution in [0.25, 0.3) is 0 Å². The van der Waals surface area contributed by atoms with Gasteiger partial charge in [-0.15, -0.1) is 0 Å². The third-order valence-electron chi connectivity index (χ3n) is 3.36. The van der Waals surface area contributed by atoms with Crippen LogP contribution in [-0.2, 0) is 13.6 Å². The number of piperazine rings is 1. The van der Waals surface area contributed by atoms with E-state index >= 15 is 0 Å². The van der Waals surface area contributed by atoms with Crippen molar-refractivity contribution in [2.24, 2.45) is 7.05 Å². The van der Waals surface area contributed by atoms with Crippen molar-refractivity contribution in [1.82, 2.24) is 19.8 Å². The minimum Gasteiger partial charge on any atom is -0.321 e. The minimum atomic E-state index is 0.541. The first-order chi connectivity index (χ1) is 7.59. The first-order valence-electron chi connectivity index (χ1n) is 5.72. The van der Waals surface area contributed by atoms with E-state index in [2.05, 4.69) is 29.0 Å². The fraction of sp³-hybridized carbons (Fsp3) is 0.727. The van der Waals surface area contributed by atoms with Gasteiger partial charge in [-0.3, -0.25) is 4.90 Å². The average molecular weight is 243 g/mol. The molecule has 1 aromatic heterocycles. The van der Waals surface area contributed by atoms with Gasteiger partial charge in [-0.1, -0.05) is 11.6 Å². The van der Waals surface area contributed by atoms with Gasteiger partial charge < -0.3 is 9.88 Å². The summed E-state index contributed by atoms with van der Waals surface area (Å²) in [6.07, 6.45) is 1.72. The van der Waals surface area contributed by atoms with Gasteiger partial charge in [0.05, 0.1) is 12.7 Å². The quantitative estimate of drug-likeness (QED) is 0.848. The molecule has 2 atom stereocenters. The third-order valence-corrected chi connectivity index (χ3v) is 3.71. The molecule has 4 nitrogen and oxygen atoms in total. The summed E-state index contributed by atoms with van der Waals surface area (Å²) in [7, 11) is 1.96. The molecule has 1 aromatic rings. The maximum atomic E-state index is 5.99. The van der Waals surface area contributed by atoms with Crippen LogP contribution in [0.4, 0.5) is 0 Å². The zero-order valence-corrected chi connectivity index (χ0v) is 10.8. The molecule has 2 heterocycles. The third kappa shape index (κ3) is 2.24. The largest absolute Gasteiger partial charge is 0.321 e. The smallest absolute Gasteiger partial charge is 0.128 e. The second-order valence-electron chi connectivity index (χ2n) is 4.58. The average Bonchev–Trinajstić information content (AvgIpc) is 2.55. The van der Waals surface area contributed by atoms with Gasteiger partial charge in [0.2, 0.25) is 0 Å². The van der Waals surface area contributed by atoms with E-state index in [9.17, 15) is 0 Å². The molecule has 0 aliphatic carbocycles. The summed E-state index contributed by atoms with van der Waals surface area (Å²) < 4.78 is 1.95. The van der Waals surface area contributed by atoms with E-state index in [1.807, 2.05) is 11.6 Å². The van der Waals surface area contributed by atoms with Gasteiger partial charge in [0.15, 0.2) is 0 Å². The summed E-state index contributed by atoms with van der Waals surface area (Å²) in [5.74, 6) is 1.03. The zero-order chi connectivity index (χ0) is 11.7. The fourth-order valence-electron chi connectivity index (χ4n) is 2.22. The molecular formula is C11H19ClN4. The summed E-state index contributed by atoms with van der Waals surface area (Å²) in [5, 5.41) is 4.12. The van der Waals surface area contributed by atoms with Crippen LogP contribution in [0, 0.1) is 0 Å². The molecule has 0 bridgehead atoms. The Hall–Kier alpha value is -0.580. The molecular weight excluding hydrogens is 224 g/mol. The fourth-order valence-corrected chi connectivity index (χ4v) is 2.36. The Kier molecular flexibility index (Phi) is 3.52.